The van der Waals surface area contributed by atoms with Crippen LogP contribution in [0.15, 0.2) is 10.6 Å². The van der Waals surface area contributed by atoms with Gasteiger partial charge in [-0.2, -0.15) is 0 Å². The van der Waals surface area contributed by atoms with Gasteiger partial charge in [-0.1, -0.05) is 5.16 Å². The first kappa shape index (κ1) is 18.5. The van der Waals surface area contributed by atoms with Crippen molar-refractivity contribution in [3.8, 4) is 0 Å². The van der Waals surface area contributed by atoms with Gasteiger partial charge in [-0.05, 0) is 26.2 Å². The molecule has 1 aromatic rings. The van der Waals surface area contributed by atoms with Crippen molar-refractivity contribution in [2.45, 2.75) is 44.7 Å². The van der Waals surface area contributed by atoms with E-state index < -0.39 is 0 Å². The molecule has 2 saturated heterocycles. The van der Waals surface area contributed by atoms with Crippen LogP contribution >= 0.6 is 0 Å². The predicted octanol–water partition coefficient (Wildman–Crippen LogP) is 0.641. The standard InChI is InChI=1S/C17H29N7O2/c1-2-24-15(4-8-21-17(24)25)14-11-13(26-22-14)3-7-20-12-5-9-23(10-6-12)16(18)19/h11-12,15,20H,2-10H2,1H3,(H3,18,19)(H,21,25)/t15-/m0/s1. The summed E-state index contributed by atoms with van der Waals surface area (Å²) in [6.45, 7) is 5.77. The maximum atomic E-state index is 12.0. The van der Waals surface area contributed by atoms with Crippen LogP contribution in [0.25, 0.3) is 0 Å². The third-order valence-corrected chi connectivity index (χ3v) is 5.23. The van der Waals surface area contributed by atoms with E-state index in [0.29, 0.717) is 19.1 Å². The number of rotatable bonds is 6. The van der Waals surface area contributed by atoms with E-state index in [4.69, 9.17) is 15.7 Å². The first-order valence-electron chi connectivity index (χ1n) is 9.40. The van der Waals surface area contributed by atoms with E-state index in [-0.39, 0.29) is 18.0 Å². The summed E-state index contributed by atoms with van der Waals surface area (Å²) in [5.41, 5.74) is 6.36. The van der Waals surface area contributed by atoms with Crippen molar-refractivity contribution in [3.05, 3.63) is 17.5 Å². The molecule has 2 aliphatic rings. The highest BCUT2D eigenvalue weighted by Gasteiger charge is 2.30. The van der Waals surface area contributed by atoms with Crippen LogP contribution in [-0.4, -0.2) is 65.7 Å². The summed E-state index contributed by atoms with van der Waals surface area (Å²) in [4.78, 5) is 15.7. The first-order chi connectivity index (χ1) is 12.6. The molecule has 9 heteroatoms. The Balaban J connectivity index is 1.45. The third-order valence-electron chi connectivity index (χ3n) is 5.23. The van der Waals surface area contributed by atoms with Crippen molar-refractivity contribution in [1.82, 2.24) is 25.6 Å². The highest BCUT2D eigenvalue weighted by Crippen LogP contribution is 2.26. The Morgan fingerprint density at radius 2 is 2.23 bits per heavy atom. The van der Waals surface area contributed by atoms with Crippen LogP contribution in [0, 0.1) is 5.41 Å². The summed E-state index contributed by atoms with van der Waals surface area (Å²) in [5, 5.41) is 18.1. The maximum Gasteiger partial charge on any atom is 0.317 e. The lowest BCUT2D eigenvalue weighted by Gasteiger charge is -2.33. The molecule has 3 heterocycles. The lowest BCUT2D eigenvalue weighted by atomic mass is 10.0. The van der Waals surface area contributed by atoms with Gasteiger partial charge >= 0.3 is 6.03 Å². The fraction of sp³-hybridized carbons (Fsp3) is 0.706. The SMILES string of the molecule is CCN1C(=O)NCC[C@H]1c1cc(CCNC2CCN(C(=N)N)CC2)on1. The summed E-state index contributed by atoms with van der Waals surface area (Å²) in [6.07, 6.45) is 3.59. The number of piperidine rings is 1. The monoisotopic (exact) mass is 363 g/mol. The quantitative estimate of drug-likeness (QED) is 0.434. The summed E-state index contributed by atoms with van der Waals surface area (Å²) >= 11 is 0. The minimum absolute atomic E-state index is 0.00452. The highest BCUT2D eigenvalue weighted by molar-refractivity contribution is 5.75. The molecule has 0 saturated carbocycles. The Labute approximate surface area is 153 Å². The number of nitrogens with two attached hydrogens (primary N) is 1. The minimum Gasteiger partial charge on any atom is -0.370 e. The van der Waals surface area contributed by atoms with Crippen LogP contribution in [-0.2, 0) is 6.42 Å². The first-order valence-corrected chi connectivity index (χ1v) is 9.40. The molecule has 144 valence electrons. The number of likely N-dealkylation sites (tertiary alicyclic amines) is 1. The van der Waals surface area contributed by atoms with E-state index in [1.165, 1.54) is 0 Å². The summed E-state index contributed by atoms with van der Waals surface area (Å²) in [6, 6.07) is 2.39. The van der Waals surface area contributed by atoms with Crippen LogP contribution in [0.1, 0.15) is 43.7 Å². The average molecular weight is 363 g/mol. The van der Waals surface area contributed by atoms with Crippen molar-refractivity contribution in [2.24, 2.45) is 5.73 Å². The van der Waals surface area contributed by atoms with Crippen molar-refractivity contribution in [2.75, 3.05) is 32.7 Å². The molecule has 0 aliphatic carbocycles. The van der Waals surface area contributed by atoms with Crippen LogP contribution in [0.3, 0.4) is 0 Å². The minimum atomic E-state index is -0.0353. The maximum absolute atomic E-state index is 12.0. The summed E-state index contributed by atoms with van der Waals surface area (Å²) in [7, 11) is 0. The molecule has 2 amide bonds. The number of carbonyl (C=O) groups is 1. The largest absolute Gasteiger partial charge is 0.370 e. The number of nitrogens with one attached hydrogen (secondary N) is 3. The molecule has 1 atom stereocenters. The van der Waals surface area contributed by atoms with E-state index in [1.54, 1.807) is 4.90 Å². The van der Waals surface area contributed by atoms with Crippen LogP contribution < -0.4 is 16.4 Å². The third kappa shape index (κ3) is 4.27. The zero-order chi connectivity index (χ0) is 18.5. The van der Waals surface area contributed by atoms with Gasteiger partial charge in [-0.25, -0.2) is 4.79 Å². The number of carbonyl (C=O) groups excluding carboxylic acids is 1. The van der Waals surface area contributed by atoms with Crippen molar-refractivity contribution in [1.29, 1.82) is 5.41 Å². The van der Waals surface area contributed by atoms with Gasteiger partial charge in [0.2, 0.25) is 0 Å². The van der Waals surface area contributed by atoms with Gasteiger partial charge in [-0.15, -0.1) is 0 Å². The molecular formula is C17H29N7O2. The molecule has 5 N–H and O–H groups in total. The molecular weight excluding hydrogens is 334 g/mol. The molecule has 9 nitrogen and oxygen atoms in total. The Kier molecular flexibility index (Phi) is 5.97. The molecule has 0 spiro atoms. The molecule has 0 aromatic carbocycles. The Bertz CT molecular complexity index is 624. The second-order valence-electron chi connectivity index (χ2n) is 6.89. The van der Waals surface area contributed by atoms with E-state index in [0.717, 1.165) is 56.8 Å². The number of hydrogen-bond acceptors (Lipinski definition) is 5. The van der Waals surface area contributed by atoms with Gasteiger partial charge in [0.1, 0.15) is 11.5 Å². The lowest BCUT2D eigenvalue weighted by Crippen LogP contribution is -2.48. The van der Waals surface area contributed by atoms with Crippen LogP contribution in [0.4, 0.5) is 4.79 Å². The molecule has 0 bridgehead atoms. The number of urea groups is 1. The molecule has 2 aliphatic heterocycles. The zero-order valence-electron chi connectivity index (χ0n) is 15.3. The number of aromatic nitrogens is 1. The van der Waals surface area contributed by atoms with Crippen LogP contribution in [0.5, 0.6) is 0 Å². The number of nitrogens with zero attached hydrogens (tertiary/aromatic N) is 3. The highest BCUT2D eigenvalue weighted by atomic mass is 16.5. The molecule has 0 unspecified atom stereocenters. The second kappa shape index (κ2) is 8.39. The second-order valence-corrected chi connectivity index (χ2v) is 6.89. The van der Waals surface area contributed by atoms with E-state index in [9.17, 15) is 4.79 Å². The summed E-state index contributed by atoms with van der Waals surface area (Å²) in [5.74, 6) is 1.01. The van der Waals surface area contributed by atoms with Crippen molar-refractivity contribution < 1.29 is 9.32 Å². The van der Waals surface area contributed by atoms with Gasteiger partial charge in [0, 0.05) is 51.3 Å². The Morgan fingerprint density at radius 3 is 2.92 bits per heavy atom. The smallest absolute Gasteiger partial charge is 0.317 e. The summed E-state index contributed by atoms with van der Waals surface area (Å²) < 4.78 is 5.48. The van der Waals surface area contributed by atoms with E-state index in [2.05, 4.69) is 15.8 Å². The molecule has 0 radical (unpaired) electrons. The van der Waals surface area contributed by atoms with E-state index in [1.807, 2.05) is 17.9 Å². The molecule has 2 fully saturated rings. The van der Waals surface area contributed by atoms with Gasteiger partial charge in [0.05, 0.1) is 6.04 Å². The van der Waals surface area contributed by atoms with Crippen molar-refractivity contribution in [3.63, 3.8) is 0 Å². The number of amides is 2. The van der Waals surface area contributed by atoms with Crippen molar-refractivity contribution >= 4 is 12.0 Å². The lowest BCUT2D eigenvalue weighted by molar-refractivity contribution is 0.155. The molecule has 26 heavy (non-hydrogen) atoms. The van der Waals surface area contributed by atoms with Gasteiger partial charge in [-0.3, -0.25) is 5.41 Å². The average Bonchev–Trinajstić information content (AvgIpc) is 3.10. The molecule has 1 aromatic heterocycles. The number of guanidine groups is 1. The molecule has 3 rings (SSSR count). The fourth-order valence-corrected chi connectivity index (χ4v) is 3.71. The van der Waals surface area contributed by atoms with Gasteiger partial charge < -0.3 is 30.7 Å². The van der Waals surface area contributed by atoms with Gasteiger partial charge in [0.15, 0.2) is 5.96 Å². The van der Waals surface area contributed by atoms with Gasteiger partial charge in [0.25, 0.3) is 0 Å². The number of hydrogen-bond donors (Lipinski definition) is 4. The topological polar surface area (TPSA) is 124 Å². The Hall–Kier alpha value is -2.29. The van der Waals surface area contributed by atoms with E-state index >= 15 is 0 Å². The Morgan fingerprint density at radius 1 is 1.46 bits per heavy atom. The fourth-order valence-electron chi connectivity index (χ4n) is 3.71. The predicted molar refractivity (Wildman–Crippen MR) is 97.9 cm³/mol. The zero-order valence-corrected chi connectivity index (χ0v) is 15.3. The van der Waals surface area contributed by atoms with Crippen LogP contribution in [0.2, 0.25) is 0 Å². The normalized spacial score (nSPS) is 21.7.